The monoisotopic (exact) mass is 490 g/mol. The van der Waals surface area contributed by atoms with Crippen molar-refractivity contribution in [3.05, 3.63) is 23.8 Å². The molecule has 1 atom stereocenters. The number of nitrogens with zero attached hydrogens (tertiary/aromatic N) is 3. The Morgan fingerprint density at radius 1 is 1.06 bits per heavy atom. The van der Waals surface area contributed by atoms with Gasteiger partial charge < -0.3 is 15.1 Å². The van der Waals surface area contributed by atoms with Crippen LogP contribution in [0.1, 0.15) is 51.5 Å². The molecule has 0 bridgehead atoms. The van der Waals surface area contributed by atoms with Gasteiger partial charge in [0, 0.05) is 45.3 Å². The number of carbonyl (C=O) groups is 2. The van der Waals surface area contributed by atoms with Crippen LogP contribution < -0.4 is 10.2 Å². The minimum absolute atomic E-state index is 0.0312. The summed E-state index contributed by atoms with van der Waals surface area (Å²) in [6.45, 7) is 8.73. The van der Waals surface area contributed by atoms with Crippen LogP contribution in [-0.4, -0.2) is 75.3 Å². The summed E-state index contributed by atoms with van der Waals surface area (Å²) in [5.41, 5.74) is 1.69. The lowest BCUT2D eigenvalue weighted by Gasteiger charge is -2.33. The quantitative estimate of drug-likeness (QED) is 0.661. The molecule has 2 amide bonds. The number of amides is 2. The van der Waals surface area contributed by atoms with E-state index >= 15 is 0 Å². The number of anilines is 1. The van der Waals surface area contributed by atoms with Crippen molar-refractivity contribution in [1.29, 1.82) is 0 Å². The van der Waals surface area contributed by atoms with Gasteiger partial charge in [-0.3, -0.25) is 9.59 Å². The van der Waals surface area contributed by atoms with E-state index in [-0.39, 0.29) is 29.2 Å². The molecule has 34 heavy (non-hydrogen) atoms. The molecule has 3 aliphatic heterocycles. The maximum atomic E-state index is 13.4. The Morgan fingerprint density at radius 3 is 2.56 bits per heavy atom. The van der Waals surface area contributed by atoms with Gasteiger partial charge in [-0.25, -0.2) is 8.42 Å². The number of fused-ring (bicyclic) bond motifs is 1. The van der Waals surface area contributed by atoms with Crippen LogP contribution in [0.5, 0.6) is 0 Å². The Kier molecular flexibility index (Phi) is 7.94. The molecule has 3 aliphatic rings. The average Bonchev–Trinajstić information content (AvgIpc) is 2.84. The van der Waals surface area contributed by atoms with Crippen LogP contribution in [0.15, 0.2) is 23.1 Å². The van der Waals surface area contributed by atoms with Crippen LogP contribution in [0, 0.1) is 11.8 Å². The molecule has 2 saturated heterocycles. The molecule has 0 aliphatic carbocycles. The summed E-state index contributed by atoms with van der Waals surface area (Å²) in [6, 6.07) is 5.06. The van der Waals surface area contributed by atoms with E-state index in [4.69, 9.17) is 0 Å². The third-order valence-electron chi connectivity index (χ3n) is 7.55. The third-order valence-corrected chi connectivity index (χ3v) is 9.41. The predicted molar refractivity (Wildman–Crippen MR) is 132 cm³/mol. The fraction of sp³-hybridized carbons (Fsp3) is 0.680. The highest BCUT2D eigenvalue weighted by Crippen LogP contribution is 2.31. The highest BCUT2D eigenvalue weighted by atomic mass is 32.2. The van der Waals surface area contributed by atoms with Crippen LogP contribution in [0.25, 0.3) is 0 Å². The molecule has 0 unspecified atom stereocenters. The first-order valence-corrected chi connectivity index (χ1v) is 14.1. The molecule has 1 N–H and O–H groups in total. The SMILES string of the molecule is CC(=O)N1CCCc2cc(S(=O)(=O)N3CCC[C@H](C(=O)NCCN4CCC(C)CC4)C3)ccc21. The highest BCUT2D eigenvalue weighted by molar-refractivity contribution is 7.89. The van der Waals surface area contributed by atoms with Crippen LogP contribution in [-0.2, 0) is 26.0 Å². The zero-order valence-corrected chi connectivity index (χ0v) is 21.3. The third kappa shape index (κ3) is 5.63. The molecule has 0 spiro atoms. The molecule has 3 heterocycles. The van der Waals surface area contributed by atoms with E-state index in [1.165, 1.54) is 24.1 Å². The number of hydrogen-bond donors (Lipinski definition) is 1. The van der Waals surface area contributed by atoms with Gasteiger partial charge in [-0.1, -0.05) is 6.92 Å². The molecule has 4 rings (SSSR count). The average molecular weight is 491 g/mol. The number of hydrogen-bond acceptors (Lipinski definition) is 5. The maximum Gasteiger partial charge on any atom is 0.243 e. The van der Waals surface area contributed by atoms with Crippen LogP contribution in [0.4, 0.5) is 5.69 Å². The first-order valence-electron chi connectivity index (χ1n) is 12.7. The lowest BCUT2D eigenvalue weighted by Crippen LogP contribution is -2.47. The predicted octanol–water partition coefficient (Wildman–Crippen LogP) is 2.23. The van der Waals surface area contributed by atoms with Gasteiger partial charge in [0.2, 0.25) is 21.8 Å². The molecule has 0 radical (unpaired) electrons. The van der Waals surface area contributed by atoms with Crippen molar-refractivity contribution >= 4 is 27.5 Å². The molecular weight excluding hydrogens is 452 g/mol. The van der Waals surface area contributed by atoms with E-state index in [1.807, 2.05) is 0 Å². The van der Waals surface area contributed by atoms with Crippen LogP contribution in [0.2, 0.25) is 0 Å². The van der Waals surface area contributed by atoms with Gasteiger partial charge in [0.1, 0.15) is 0 Å². The number of benzene rings is 1. The van der Waals surface area contributed by atoms with Crippen molar-refractivity contribution in [2.45, 2.75) is 57.3 Å². The fourth-order valence-corrected chi connectivity index (χ4v) is 6.93. The van der Waals surface area contributed by atoms with E-state index < -0.39 is 10.0 Å². The van der Waals surface area contributed by atoms with E-state index in [2.05, 4.69) is 17.1 Å². The van der Waals surface area contributed by atoms with Crippen molar-refractivity contribution in [2.24, 2.45) is 11.8 Å². The molecule has 0 aromatic heterocycles. The second-order valence-corrected chi connectivity index (χ2v) is 12.0. The Morgan fingerprint density at radius 2 is 1.82 bits per heavy atom. The van der Waals surface area contributed by atoms with E-state index in [0.29, 0.717) is 32.5 Å². The number of piperidine rings is 2. The van der Waals surface area contributed by atoms with Gasteiger partial charge in [0.05, 0.1) is 10.8 Å². The normalized spacial score (nSPS) is 22.9. The lowest BCUT2D eigenvalue weighted by atomic mass is 9.98. The van der Waals surface area contributed by atoms with Crippen molar-refractivity contribution in [2.75, 3.05) is 50.7 Å². The molecule has 188 valence electrons. The number of nitrogens with one attached hydrogen (secondary N) is 1. The van der Waals surface area contributed by atoms with Crippen molar-refractivity contribution in [1.82, 2.24) is 14.5 Å². The lowest BCUT2D eigenvalue weighted by molar-refractivity contribution is -0.126. The zero-order valence-electron chi connectivity index (χ0n) is 20.5. The first kappa shape index (κ1) is 25.1. The van der Waals surface area contributed by atoms with E-state index in [9.17, 15) is 18.0 Å². The summed E-state index contributed by atoms with van der Waals surface area (Å²) in [4.78, 5) is 29.1. The molecule has 1 aromatic carbocycles. The largest absolute Gasteiger partial charge is 0.355 e. The number of rotatable bonds is 6. The molecule has 8 nitrogen and oxygen atoms in total. The van der Waals surface area contributed by atoms with Gasteiger partial charge in [-0.15, -0.1) is 0 Å². The van der Waals surface area contributed by atoms with E-state index in [1.54, 1.807) is 23.1 Å². The topological polar surface area (TPSA) is 90.0 Å². The van der Waals surface area contributed by atoms with Crippen LogP contribution in [0.3, 0.4) is 0 Å². The summed E-state index contributed by atoms with van der Waals surface area (Å²) in [6.07, 6.45) is 5.36. The van der Waals surface area contributed by atoms with Gasteiger partial charge >= 0.3 is 0 Å². The molecule has 2 fully saturated rings. The molecule has 9 heteroatoms. The second-order valence-electron chi connectivity index (χ2n) is 10.1. The number of sulfonamides is 1. The summed E-state index contributed by atoms with van der Waals surface area (Å²) in [5.74, 6) is 0.379. The standard InChI is InChI=1S/C25H38N4O4S/c1-19-9-14-27(15-10-19)16-11-26-25(31)22-6-3-12-28(18-22)34(32,33)23-7-8-24-21(17-23)5-4-13-29(24)20(2)30/h7-8,17,19,22H,3-6,9-16,18H2,1-2H3,(H,26,31)/t22-/m0/s1. The first-order chi connectivity index (χ1) is 16.3. The Balaban J connectivity index is 1.36. The Labute approximate surface area is 203 Å². The van der Waals surface area contributed by atoms with Gasteiger partial charge in [0.25, 0.3) is 0 Å². The summed E-state index contributed by atoms with van der Waals surface area (Å²) in [5, 5.41) is 3.04. The number of carbonyl (C=O) groups excluding carboxylic acids is 2. The smallest absolute Gasteiger partial charge is 0.243 e. The summed E-state index contributed by atoms with van der Waals surface area (Å²) < 4.78 is 28.3. The van der Waals surface area contributed by atoms with Crippen molar-refractivity contribution in [3.63, 3.8) is 0 Å². The fourth-order valence-electron chi connectivity index (χ4n) is 5.35. The minimum atomic E-state index is -3.70. The summed E-state index contributed by atoms with van der Waals surface area (Å²) >= 11 is 0. The van der Waals surface area contributed by atoms with Gasteiger partial charge in [0.15, 0.2) is 0 Å². The number of aryl methyl sites for hydroxylation is 1. The zero-order chi connectivity index (χ0) is 24.3. The van der Waals surface area contributed by atoms with Crippen molar-refractivity contribution in [3.8, 4) is 0 Å². The number of likely N-dealkylation sites (tertiary alicyclic amines) is 1. The molecule has 1 aromatic rings. The van der Waals surface area contributed by atoms with Gasteiger partial charge in [-0.05, 0) is 81.3 Å². The van der Waals surface area contributed by atoms with Crippen molar-refractivity contribution < 1.29 is 18.0 Å². The Bertz CT molecular complexity index is 1000. The summed E-state index contributed by atoms with van der Waals surface area (Å²) in [7, 11) is -3.70. The molecular formula is C25H38N4O4S. The maximum absolute atomic E-state index is 13.4. The molecule has 0 saturated carbocycles. The van der Waals surface area contributed by atoms with Gasteiger partial charge in [-0.2, -0.15) is 4.31 Å². The second kappa shape index (κ2) is 10.7. The minimum Gasteiger partial charge on any atom is -0.355 e. The van der Waals surface area contributed by atoms with E-state index in [0.717, 1.165) is 49.6 Å². The Hall–Kier alpha value is -1.97. The highest BCUT2D eigenvalue weighted by Gasteiger charge is 2.34. The van der Waals surface area contributed by atoms with Crippen LogP contribution >= 0.6 is 0 Å².